The molecule has 0 amide bonds. The van der Waals surface area contributed by atoms with Gasteiger partial charge in [-0.2, -0.15) is 0 Å². The number of hydrogen-bond donors (Lipinski definition) is 1. The molecule has 0 unspecified atom stereocenters. The number of thiophene rings is 1. The van der Waals surface area contributed by atoms with Gasteiger partial charge in [0, 0.05) is 16.3 Å². The first-order valence-corrected chi connectivity index (χ1v) is 6.34. The van der Waals surface area contributed by atoms with Crippen LogP contribution in [0.25, 0.3) is 0 Å². The SMILES string of the molecule is COC(=O)Cc1ccc(CN[C@H](C)C(=O)OC)s1. The number of ether oxygens (including phenoxy) is 2. The van der Waals surface area contributed by atoms with Crippen molar-refractivity contribution >= 4 is 23.3 Å². The van der Waals surface area contributed by atoms with Crippen molar-refractivity contribution in [3.05, 3.63) is 21.9 Å². The van der Waals surface area contributed by atoms with E-state index in [1.165, 1.54) is 25.6 Å². The monoisotopic (exact) mass is 271 g/mol. The minimum absolute atomic E-state index is 0.251. The van der Waals surface area contributed by atoms with Crippen LogP contribution in [0, 0.1) is 0 Å². The van der Waals surface area contributed by atoms with Crippen LogP contribution in [-0.4, -0.2) is 32.2 Å². The molecule has 18 heavy (non-hydrogen) atoms. The summed E-state index contributed by atoms with van der Waals surface area (Å²) in [6.45, 7) is 2.32. The van der Waals surface area contributed by atoms with Gasteiger partial charge in [0.05, 0.1) is 20.6 Å². The molecule has 0 aliphatic carbocycles. The third-order valence-electron chi connectivity index (χ3n) is 2.40. The van der Waals surface area contributed by atoms with Crippen LogP contribution in [0.3, 0.4) is 0 Å². The number of carbonyl (C=O) groups excluding carboxylic acids is 2. The smallest absolute Gasteiger partial charge is 0.322 e. The second-order valence-corrected chi connectivity index (χ2v) is 5.00. The van der Waals surface area contributed by atoms with E-state index in [-0.39, 0.29) is 24.4 Å². The van der Waals surface area contributed by atoms with E-state index in [2.05, 4.69) is 14.8 Å². The van der Waals surface area contributed by atoms with E-state index in [1.54, 1.807) is 6.92 Å². The molecule has 0 aliphatic heterocycles. The van der Waals surface area contributed by atoms with Crippen LogP contribution in [0.1, 0.15) is 16.7 Å². The van der Waals surface area contributed by atoms with Crippen LogP contribution in [0.5, 0.6) is 0 Å². The molecule has 0 aliphatic rings. The largest absolute Gasteiger partial charge is 0.469 e. The van der Waals surface area contributed by atoms with Gasteiger partial charge in [0.1, 0.15) is 6.04 Å². The first kappa shape index (κ1) is 14.7. The maximum atomic E-state index is 11.2. The summed E-state index contributed by atoms with van der Waals surface area (Å²) in [5.41, 5.74) is 0. The third kappa shape index (κ3) is 4.46. The van der Waals surface area contributed by atoms with Crippen molar-refractivity contribution in [2.45, 2.75) is 25.9 Å². The molecular formula is C12H17NO4S. The fraction of sp³-hybridized carbons (Fsp3) is 0.500. The highest BCUT2D eigenvalue weighted by Gasteiger charge is 2.12. The third-order valence-corrected chi connectivity index (χ3v) is 3.49. The van der Waals surface area contributed by atoms with E-state index in [9.17, 15) is 9.59 Å². The second-order valence-electron chi connectivity index (χ2n) is 3.75. The quantitative estimate of drug-likeness (QED) is 0.785. The first-order chi connectivity index (χ1) is 8.56. The van der Waals surface area contributed by atoms with Gasteiger partial charge in [-0.15, -0.1) is 11.3 Å². The zero-order valence-corrected chi connectivity index (χ0v) is 11.5. The molecule has 0 saturated carbocycles. The van der Waals surface area contributed by atoms with Crippen molar-refractivity contribution in [1.29, 1.82) is 0 Å². The molecule has 0 aromatic carbocycles. The first-order valence-electron chi connectivity index (χ1n) is 5.52. The van der Waals surface area contributed by atoms with Gasteiger partial charge in [-0.1, -0.05) is 0 Å². The highest BCUT2D eigenvalue weighted by molar-refractivity contribution is 7.12. The molecule has 0 spiro atoms. The molecule has 0 saturated heterocycles. The number of nitrogens with one attached hydrogen (secondary N) is 1. The Hall–Kier alpha value is -1.40. The summed E-state index contributed by atoms with van der Waals surface area (Å²) >= 11 is 1.52. The van der Waals surface area contributed by atoms with E-state index in [1.807, 2.05) is 12.1 Å². The molecule has 5 nitrogen and oxygen atoms in total. The predicted molar refractivity (Wildman–Crippen MR) is 68.4 cm³/mol. The fourth-order valence-corrected chi connectivity index (χ4v) is 2.30. The Bertz CT molecular complexity index is 416. The van der Waals surface area contributed by atoms with E-state index in [0.717, 1.165) is 9.75 Å². The van der Waals surface area contributed by atoms with Crippen LogP contribution < -0.4 is 5.32 Å². The van der Waals surface area contributed by atoms with Crippen LogP contribution in [-0.2, 0) is 32.0 Å². The van der Waals surface area contributed by atoms with Gasteiger partial charge in [-0.05, 0) is 19.1 Å². The Labute approximate surface area is 110 Å². The lowest BCUT2D eigenvalue weighted by atomic mass is 10.3. The van der Waals surface area contributed by atoms with Gasteiger partial charge >= 0.3 is 11.9 Å². The molecule has 0 radical (unpaired) electrons. The lowest BCUT2D eigenvalue weighted by Crippen LogP contribution is -2.34. The van der Waals surface area contributed by atoms with Gasteiger partial charge in [0.25, 0.3) is 0 Å². The van der Waals surface area contributed by atoms with Gasteiger partial charge < -0.3 is 9.47 Å². The lowest BCUT2D eigenvalue weighted by Gasteiger charge is -2.09. The summed E-state index contributed by atoms with van der Waals surface area (Å²) in [6, 6.07) is 3.47. The number of rotatable bonds is 6. The minimum Gasteiger partial charge on any atom is -0.469 e. The van der Waals surface area contributed by atoms with Crippen LogP contribution in [0.15, 0.2) is 12.1 Å². The van der Waals surface area contributed by atoms with Gasteiger partial charge in [-0.3, -0.25) is 14.9 Å². The van der Waals surface area contributed by atoms with Crippen molar-refractivity contribution in [3.63, 3.8) is 0 Å². The maximum absolute atomic E-state index is 11.2. The predicted octanol–water partition coefficient (Wildman–Crippen LogP) is 1.11. The molecule has 1 atom stereocenters. The van der Waals surface area contributed by atoms with Gasteiger partial charge in [0.2, 0.25) is 0 Å². The Morgan fingerprint density at radius 1 is 1.28 bits per heavy atom. The average molecular weight is 271 g/mol. The lowest BCUT2D eigenvalue weighted by molar-refractivity contribution is -0.142. The van der Waals surface area contributed by atoms with E-state index in [0.29, 0.717) is 6.54 Å². The van der Waals surface area contributed by atoms with Crippen molar-refractivity contribution < 1.29 is 19.1 Å². The van der Waals surface area contributed by atoms with Crippen molar-refractivity contribution in [2.75, 3.05) is 14.2 Å². The van der Waals surface area contributed by atoms with Crippen molar-refractivity contribution in [3.8, 4) is 0 Å². The Morgan fingerprint density at radius 2 is 1.94 bits per heavy atom. The summed E-state index contributed by atoms with van der Waals surface area (Å²) in [5, 5.41) is 3.05. The Balaban J connectivity index is 2.44. The van der Waals surface area contributed by atoms with Crippen LogP contribution >= 0.6 is 11.3 Å². The second kappa shape index (κ2) is 7.13. The fourth-order valence-electron chi connectivity index (χ4n) is 1.34. The normalized spacial score (nSPS) is 11.9. The molecule has 0 bridgehead atoms. The van der Waals surface area contributed by atoms with Crippen LogP contribution in [0.4, 0.5) is 0 Å². The van der Waals surface area contributed by atoms with Crippen molar-refractivity contribution in [2.24, 2.45) is 0 Å². The summed E-state index contributed by atoms with van der Waals surface area (Å²) in [5.74, 6) is -0.541. The molecule has 100 valence electrons. The van der Waals surface area contributed by atoms with E-state index in [4.69, 9.17) is 0 Å². The molecule has 1 aromatic rings. The van der Waals surface area contributed by atoms with Gasteiger partial charge in [-0.25, -0.2) is 0 Å². The number of esters is 2. The number of methoxy groups -OCH3 is 2. The van der Waals surface area contributed by atoms with Crippen LogP contribution in [0.2, 0.25) is 0 Å². The molecule has 1 N–H and O–H groups in total. The van der Waals surface area contributed by atoms with Crippen molar-refractivity contribution in [1.82, 2.24) is 5.32 Å². The standard InChI is InChI=1S/C12H17NO4S/c1-8(12(15)17-3)13-7-10-5-4-9(18-10)6-11(14)16-2/h4-5,8,13H,6-7H2,1-3H3/t8-/m1/s1. The number of hydrogen-bond acceptors (Lipinski definition) is 6. The number of carbonyl (C=O) groups is 2. The summed E-state index contributed by atoms with van der Waals surface area (Å²) in [6.07, 6.45) is 0.285. The molecule has 0 fully saturated rings. The van der Waals surface area contributed by atoms with E-state index < -0.39 is 0 Å². The zero-order chi connectivity index (χ0) is 13.5. The summed E-state index contributed by atoms with van der Waals surface area (Å²) in [7, 11) is 2.73. The molecule has 1 rings (SSSR count). The minimum atomic E-state index is -0.346. The zero-order valence-electron chi connectivity index (χ0n) is 10.7. The molecule has 6 heteroatoms. The molecule has 1 aromatic heterocycles. The summed E-state index contributed by atoms with van der Waals surface area (Å²) in [4.78, 5) is 24.3. The highest BCUT2D eigenvalue weighted by Crippen LogP contribution is 2.17. The van der Waals surface area contributed by atoms with E-state index >= 15 is 0 Å². The molecular weight excluding hydrogens is 254 g/mol. The summed E-state index contributed by atoms with van der Waals surface area (Å²) < 4.78 is 9.21. The highest BCUT2D eigenvalue weighted by atomic mass is 32.1. The maximum Gasteiger partial charge on any atom is 0.322 e. The van der Waals surface area contributed by atoms with Gasteiger partial charge in [0.15, 0.2) is 0 Å². The molecule has 1 heterocycles. The average Bonchev–Trinajstić information content (AvgIpc) is 2.82. The Kier molecular flexibility index (Phi) is 5.80. The Morgan fingerprint density at radius 3 is 2.56 bits per heavy atom. The topological polar surface area (TPSA) is 64.6 Å².